The van der Waals surface area contributed by atoms with Gasteiger partial charge in [0.05, 0.1) is 0 Å². The summed E-state index contributed by atoms with van der Waals surface area (Å²) in [7, 11) is 0. The maximum absolute atomic E-state index is 14.4. The summed E-state index contributed by atoms with van der Waals surface area (Å²) in [6, 6.07) is 5.63. The van der Waals surface area contributed by atoms with Gasteiger partial charge in [-0.3, -0.25) is 0 Å². The van der Waals surface area contributed by atoms with Crippen LogP contribution in [-0.2, 0) is 25.7 Å². The monoisotopic (exact) mass is 389 g/mol. The predicted molar refractivity (Wildman–Crippen MR) is 99.9 cm³/mol. The Morgan fingerprint density at radius 2 is 1.75 bits per heavy atom. The molecule has 0 aliphatic heterocycles. The average molecular weight is 389 g/mol. The largest absolute Gasteiger partial charge is 0.207 e. The van der Waals surface area contributed by atoms with E-state index in [9.17, 15) is 17.6 Å². The summed E-state index contributed by atoms with van der Waals surface area (Å²) in [6.07, 6.45) is 4.82. The smallest absolute Gasteiger partial charge is 0.147 e. The Labute approximate surface area is 163 Å². The standard InChI is InChI=1S/C23H23F4N/c1-2-3-4-15-10-20(24)18(21(25)11-15)8-6-14-5-7-17-16(9-14)12-22(26)19(13-28)23(17)27/h10-12,14H,2-9H2,1H3. The van der Waals surface area contributed by atoms with Gasteiger partial charge in [0.1, 0.15) is 34.9 Å². The third kappa shape index (κ3) is 4.22. The van der Waals surface area contributed by atoms with Crippen LogP contribution in [0.1, 0.15) is 60.4 Å². The van der Waals surface area contributed by atoms with Crippen molar-refractivity contribution in [3.8, 4) is 6.07 Å². The summed E-state index contributed by atoms with van der Waals surface area (Å²) in [5, 5.41) is 8.88. The highest BCUT2D eigenvalue weighted by atomic mass is 19.1. The van der Waals surface area contributed by atoms with Gasteiger partial charge in [-0.15, -0.1) is 0 Å². The van der Waals surface area contributed by atoms with Crippen LogP contribution in [0.4, 0.5) is 17.6 Å². The van der Waals surface area contributed by atoms with Crippen LogP contribution in [0.25, 0.3) is 0 Å². The minimum absolute atomic E-state index is 0.0863. The SMILES string of the molecule is CCCCc1cc(F)c(CCC2CCc3c(cc(F)c(C#N)c3F)C2)c(F)c1. The van der Waals surface area contributed by atoms with Gasteiger partial charge in [0, 0.05) is 5.56 Å². The summed E-state index contributed by atoms with van der Waals surface area (Å²) < 4.78 is 56.9. The molecular weight excluding hydrogens is 366 g/mol. The molecule has 148 valence electrons. The van der Waals surface area contributed by atoms with E-state index in [0.29, 0.717) is 48.8 Å². The minimum Gasteiger partial charge on any atom is -0.207 e. The van der Waals surface area contributed by atoms with Crippen molar-refractivity contribution >= 4 is 0 Å². The Morgan fingerprint density at radius 3 is 2.39 bits per heavy atom. The Morgan fingerprint density at radius 1 is 1.04 bits per heavy atom. The fraction of sp³-hybridized carbons (Fsp3) is 0.435. The lowest BCUT2D eigenvalue weighted by molar-refractivity contribution is 0.408. The molecule has 0 radical (unpaired) electrons. The van der Waals surface area contributed by atoms with Crippen molar-refractivity contribution < 1.29 is 17.6 Å². The molecule has 2 aromatic rings. The van der Waals surface area contributed by atoms with Gasteiger partial charge in [-0.2, -0.15) is 5.26 Å². The third-order valence-corrected chi connectivity index (χ3v) is 5.66. The Balaban J connectivity index is 1.70. The molecule has 0 saturated heterocycles. The second-order valence-corrected chi connectivity index (χ2v) is 7.59. The average Bonchev–Trinajstić information content (AvgIpc) is 2.65. The van der Waals surface area contributed by atoms with Crippen molar-refractivity contribution in [3.63, 3.8) is 0 Å². The highest BCUT2D eigenvalue weighted by Gasteiger charge is 2.25. The third-order valence-electron chi connectivity index (χ3n) is 5.66. The van der Waals surface area contributed by atoms with Crippen LogP contribution >= 0.6 is 0 Å². The van der Waals surface area contributed by atoms with Crippen molar-refractivity contribution in [3.05, 3.63) is 69.3 Å². The Bertz CT molecular complexity index is 891. The lowest BCUT2D eigenvalue weighted by atomic mass is 9.80. The number of aryl methyl sites for hydroxylation is 1. The topological polar surface area (TPSA) is 23.8 Å². The molecule has 0 fully saturated rings. The lowest BCUT2D eigenvalue weighted by Crippen LogP contribution is -2.18. The van der Waals surface area contributed by atoms with Gasteiger partial charge in [-0.25, -0.2) is 17.6 Å². The number of benzene rings is 2. The van der Waals surface area contributed by atoms with Crippen LogP contribution in [0, 0.1) is 40.5 Å². The van der Waals surface area contributed by atoms with Crippen molar-refractivity contribution in [2.45, 2.75) is 58.3 Å². The van der Waals surface area contributed by atoms with Gasteiger partial charge < -0.3 is 0 Å². The molecule has 3 rings (SSSR count). The maximum Gasteiger partial charge on any atom is 0.147 e. The van der Waals surface area contributed by atoms with Crippen molar-refractivity contribution in [2.75, 3.05) is 0 Å². The molecule has 1 nitrogen and oxygen atoms in total. The Hall–Kier alpha value is -2.35. The molecule has 0 amide bonds. The molecule has 1 aliphatic carbocycles. The van der Waals surface area contributed by atoms with Crippen LogP contribution in [-0.4, -0.2) is 0 Å². The highest BCUT2D eigenvalue weighted by molar-refractivity contribution is 5.42. The molecular formula is C23H23F4N. The summed E-state index contributed by atoms with van der Waals surface area (Å²) >= 11 is 0. The molecule has 2 aromatic carbocycles. The Kier molecular flexibility index (Phi) is 6.39. The van der Waals surface area contributed by atoms with Crippen LogP contribution in [0.2, 0.25) is 0 Å². The fourth-order valence-electron chi connectivity index (χ4n) is 4.04. The predicted octanol–water partition coefficient (Wildman–Crippen LogP) is 6.19. The van der Waals surface area contributed by atoms with Gasteiger partial charge in [0.15, 0.2) is 0 Å². The van der Waals surface area contributed by atoms with E-state index in [0.717, 1.165) is 12.8 Å². The maximum atomic E-state index is 14.4. The molecule has 0 heterocycles. The zero-order chi connectivity index (χ0) is 20.3. The van der Waals surface area contributed by atoms with Crippen LogP contribution < -0.4 is 0 Å². The van der Waals surface area contributed by atoms with Gasteiger partial charge >= 0.3 is 0 Å². The van der Waals surface area contributed by atoms with Gasteiger partial charge in [-0.05, 0) is 85.8 Å². The summed E-state index contributed by atoms with van der Waals surface area (Å²) in [5.74, 6) is -2.55. The van der Waals surface area contributed by atoms with Crippen molar-refractivity contribution in [1.82, 2.24) is 0 Å². The number of hydrogen-bond donors (Lipinski definition) is 0. The summed E-state index contributed by atoms with van der Waals surface area (Å²) in [4.78, 5) is 0. The van der Waals surface area contributed by atoms with Gasteiger partial charge in [0.2, 0.25) is 0 Å². The second kappa shape index (κ2) is 8.77. The summed E-state index contributed by atoms with van der Waals surface area (Å²) in [5.41, 5.74) is 1.17. The molecule has 5 heteroatoms. The van der Waals surface area contributed by atoms with Crippen molar-refractivity contribution in [2.24, 2.45) is 5.92 Å². The zero-order valence-electron chi connectivity index (χ0n) is 15.9. The first-order valence-corrected chi connectivity index (χ1v) is 9.81. The molecule has 0 aromatic heterocycles. The molecule has 0 bridgehead atoms. The minimum atomic E-state index is -0.848. The van der Waals surface area contributed by atoms with Crippen LogP contribution in [0.15, 0.2) is 18.2 Å². The molecule has 1 unspecified atom stereocenters. The van der Waals surface area contributed by atoms with E-state index in [1.54, 1.807) is 6.07 Å². The van der Waals surface area contributed by atoms with Gasteiger partial charge in [-0.1, -0.05) is 13.3 Å². The number of hydrogen-bond acceptors (Lipinski definition) is 1. The van der Waals surface area contributed by atoms with E-state index in [4.69, 9.17) is 5.26 Å². The van der Waals surface area contributed by atoms with Crippen molar-refractivity contribution in [1.29, 1.82) is 5.26 Å². The van der Waals surface area contributed by atoms with E-state index in [1.165, 1.54) is 18.2 Å². The second-order valence-electron chi connectivity index (χ2n) is 7.59. The summed E-state index contributed by atoms with van der Waals surface area (Å²) in [6.45, 7) is 2.03. The number of halogens is 4. The van der Waals surface area contributed by atoms with E-state index in [2.05, 4.69) is 0 Å². The number of nitriles is 1. The zero-order valence-corrected chi connectivity index (χ0v) is 15.9. The molecule has 0 spiro atoms. The molecule has 28 heavy (non-hydrogen) atoms. The molecule has 1 atom stereocenters. The number of unbranched alkanes of at least 4 members (excludes halogenated alkanes) is 1. The first-order valence-electron chi connectivity index (χ1n) is 9.81. The van der Waals surface area contributed by atoms with E-state index < -0.39 is 28.8 Å². The number of nitrogens with zero attached hydrogens (tertiary/aromatic N) is 1. The van der Waals surface area contributed by atoms with E-state index in [1.807, 2.05) is 6.92 Å². The quantitative estimate of drug-likeness (QED) is 0.540. The first kappa shape index (κ1) is 20.4. The first-order chi connectivity index (χ1) is 13.4. The highest BCUT2D eigenvalue weighted by Crippen LogP contribution is 2.33. The lowest BCUT2D eigenvalue weighted by Gasteiger charge is -2.25. The van der Waals surface area contributed by atoms with E-state index in [-0.39, 0.29) is 17.9 Å². The van der Waals surface area contributed by atoms with Crippen LogP contribution in [0.3, 0.4) is 0 Å². The molecule has 0 N–H and O–H groups in total. The number of rotatable bonds is 6. The molecule has 0 saturated carbocycles. The fourth-order valence-corrected chi connectivity index (χ4v) is 4.04. The van der Waals surface area contributed by atoms with E-state index >= 15 is 0 Å². The molecule has 1 aliphatic rings. The number of fused-ring (bicyclic) bond motifs is 1. The van der Waals surface area contributed by atoms with Crippen LogP contribution in [0.5, 0.6) is 0 Å². The van der Waals surface area contributed by atoms with Gasteiger partial charge in [0.25, 0.3) is 0 Å². The normalized spacial score (nSPS) is 15.9.